The quantitative estimate of drug-likeness (QED) is 0.442. The summed E-state index contributed by atoms with van der Waals surface area (Å²) in [7, 11) is 0. The van der Waals surface area contributed by atoms with Crippen LogP contribution < -0.4 is 5.32 Å². The highest BCUT2D eigenvalue weighted by Crippen LogP contribution is 2.45. The number of rotatable bonds is 4. The van der Waals surface area contributed by atoms with Gasteiger partial charge in [0.1, 0.15) is 0 Å². The molecule has 1 heterocycles. The zero-order valence-corrected chi connectivity index (χ0v) is 19.0. The van der Waals surface area contributed by atoms with E-state index in [1.54, 1.807) is 6.07 Å². The lowest BCUT2D eigenvalue weighted by Gasteiger charge is -2.38. The van der Waals surface area contributed by atoms with Crippen LogP contribution >= 0.6 is 15.9 Å². The Morgan fingerprint density at radius 1 is 1.07 bits per heavy atom. The second-order valence-electron chi connectivity index (χ2n) is 8.32. The molecule has 0 amide bonds. The molecule has 4 rings (SSSR count). The summed E-state index contributed by atoms with van der Waals surface area (Å²) in [4.78, 5) is 12.1. The first-order valence-corrected chi connectivity index (χ1v) is 11.1. The van der Waals surface area contributed by atoms with Crippen molar-refractivity contribution in [2.24, 2.45) is 0 Å². The van der Waals surface area contributed by atoms with Crippen LogP contribution in [0.5, 0.6) is 0 Å². The van der Waals surface area contributed by atoms with Gasteiger partial charge in [-0.15, -0.1) is 0 Å². The van der Waals surface area contributed by atoms with E-state index in [1.807, 2.05) is 6.07 Å². The van der Waals surface area contributed by atoms with Gasteiger partial charge < -0.3 is 10.4 Å². The molecule has 1 aliphatic rings. The van der Waals surface area contributed by atoms with Crippen molar-refractivity contribution in [3.8, 4) is 0 Å². The third-order valence-corrected chi connectivity index (χ3v) is 6.76. The number of carboxylic acid groups (broad SMARTS) is 1. The fourth-order valence-electron chi connectivity index (χ4n) is 4.61. The smallest absolute Gasteiger partial charge is 0.337 e. The molecule has 0 saturated heterocycles. The van der Waals surface area contributed by atoms with Gasteiger partial charge in [-0.3, -0.25) is 0 Å². The van der Waals surface area contributed by atoms with Crippen molar-refractivity contribution in [3.05, 3.63) is 98.5 Å². The molecule has 2 N–H and O–H groups in total. The molecule has 3 nitrogen and oxygen atoms in total. The SMILES string of the molecule is Cc1ccc(C)c([C@H]2C[C@@H]([C@@H](C)c3ccccc3)Nc3c(C(=O)O)cc(Br)cc32)c1. The van der Waals surface area contributed by atoms with Crippen LogP contribution in [0.1, 0.15) is 63.4 Å². The number of halogens is 1. The van der Waals surface area contributed by atoms with E-state index < -0.39 is 5.97 Å². The highest BCUT2D eigenvalue weighted by molar-refractivity contribution is 9.10. The maximum Gasteiger partial charge on any atom is 0.337 e. The van der Waals surface area contributed by atoms with Gasteiger partial charge >= 0.3 is 5.97 Å². The summed E-state index contributed by atoms with van der Waals surface area (Å²) < 4.78 is 0.797. The summed E-state index contributed by atoms with van der Waals surface area (Å²) in [6.45, 7) is 6.47. The van der Waals surface area contributed by atoms with Gasteiger partial charge in [0.2, 0.25) is 0 Å². The Labute approximate surface area is 186 Å². The molecule has 3 aromatic carbocycles. The van der Waals surface area contributed by atoms with E-state index in [2.05, 4.69) is 90.5 Å². The second-order valence-corrected chi connectivity index (χ2v) is 9.24. The molecule has 4 heteroatoms. The summed E-state index contributed by atoms with van der Waals surface area (Å²) in [6, 6.07) is 20.9. The lowest BCUT2D eigenvalue weighted by Crippen LogP contribution is -2.34. The van der Waals surface area contributed by atoms with Gasteiger partial charge in [0.15, 0.2) is 0 Å². The number of anilines is 1. The summed E-state index contributed by atoms with van der Waals surface area (Å²) in [5.41, 5.74) is 7.10. The van der Waals surface area contributed by atoms with Crippen molar-refractivity contribution in [1.82, 2.24) is 0 Å². The first-order valence-electron chi connectivity index (χ1n) is 10.3. The van der Waals surface area contributed by atoms with Gasteiger partial charge in [-0.25, -0.2) is 4.79 Å². The number of nitrogens with one attached hydrogen (secondary N) is 1. The summed E-state index contributed by atoms with van der Waals surface area (Å²) in [5, 5.41) is 13.5. The van der Waals surface area contributed by atoms with Crippen LogP contribution in [-0.2, 0) is 0 Å². The Balaban J connectivity index is 1.87. The Kier molecular flexibility index (Phi) is 5.70. The van der Waals surface area contributed by atoms with Crippen LogP contribution in [0, 0.1) is 13.8 Å². The zero-order valence-electron chi connectivity index (χ0n) is 17.4. The molecule has 1 aliphatic heterocycles. The first-order chi connectivity index (χ1) is 14.3. The topological polar surface area (TPSA) is 49.3 Å². The van der Waals surface area contributed by atoms with Gasteiger partial charge in [-0.2, -0.15) is 0 Å². The highest BCUT2D eigenvalue weighted by Gasteiger charge is 2.34. The summed E-state index contributed by atoms with van der Waals surface area (Å²) in [6.07, 6.45) is 0.906. The van der Waals surface area contributed by atoms with Crippen LogP contribution in [-0.4, -0.2) is 17.1 Å². The first kappa shape index (κ1) is 20.7. The van der Waals surface area contributed by atoms with Crippen LogP contribution in [0.3, 0.4) is 0 Å². The van der Waals surface area contributed by atoms with Gasteiger partial charge in [0.05, 0.1) is 11.3 Å². The molecule has 154 valence electrons. The fraction of sp³-hybridized carbons (Fsp3) is 0.269. The third-order valence-electron chi connectivity index (χ3n) is 6.30. The predicted molar refractivity (Wildman–Crippen MR) is 126 cm³/mol. The van der Waals surface area contributed by atoms with Gasteiger partial charge in [0.25, 0.3) is 0 Å². The van der Waals surface area contributed by atoms with Crippen LogP contribution in [0.25, 0.3) is 0 Å². The number of carbonyl (C=O) groups is 1. The van der Waals surface area contributed by atoms with E-state index in [0.29, 0.717) is 5.56 Å². The van der Waals surface area contributed by atoms with Crippen LogP contribution in [0.2, 0.25) is 0 Å². The number of aryl methyl sites for hydroxylation is 2. The molecule has 30 heavy (non-hydrogen) atoms. The largest absolute Gasteiger partial charge is 0.478 e. The molecule has 0 fully saturated rings. The normalized spacial score (nSPS) is 18.9. The van der Waals surface area contributed by atoms with E-state index in [4.69, 9.17) is 0 Å². The Hall–Kier alpha value is -2.59. The van der Waals surface area contributed by atoms with Crippen molar-refractivity contribution < 1.29 is 9.90 Å². The lowest BCUT2D eigenvalue weighted by atomic mass is 9.75. The van der Waals surface area contributed by atoms with Crippen molar-refractivity contribution in [1.29, 1.82) is 0 Å². The highest BCUT2D eigenvalue weighted by atomic mass is 79.9. The average Bonchev–Trinajstić information content (AvgIpc) is 2.74. The number of hydrogen-bond acceptors (Lipinski definition) is 2. The zero-order chi connectivity index (χ0) is 21.4. The third kappa shape index (κ3) is 3.89. The number of hydrogen-bond donors (Lipinski definition) is 2. The molecule has 0 aromatic heterocycles. The van der Waals surface area contributed by atoms with Crippen molar-refractivity contribution >= 4 is 27.6 Å². The van der Waals surface area contributed by atoms with Crippen LogP contribution in [0.4, 0.5) is 5.69 Å². The maximum absolute atomic E-state index is 12.1. The second kappa shape index (κ2) is 8.27. The Bertz CT molecular complexity index is 1090. The Morgan fingerprint density at radius 2 is 1.80 bits per heavy atom. The average molecular weight is 464 g/mol. The number of benzene rings is 3. The lowest BCUT2D eigenvalue weighted by molar-refractivity contribution is 0.0697. The van der Waals surface area contributed by atoms with Gasteiger partial charge in [-0.1, -0.05) is 76.9 Å². The summed E-state index contributed by atoms with van der Waals surface area (Å²) in [5.74, 6) is -0.530. The minimum atomic E-state index is -0.909. The van der Waals surface area contributed by atoms with Crippen molar-refractivity contribution in [3.63, 3.8) is 0 Å². The van der Waals surface area contributed by atoms with Crippen molar-refractivity contribution in [2.75, 3.05) is 5.32 Å². The predicted octanol–water partition coefficient (Wildman–Crippen LogP) is 6.88. The standard InChI is InChI=1S/C26H26BrNO2/c1-15-9-10-16(2)20(11-15)21-14-24(17(3)18-7-5-4-6-8-18)28-25-22(21)12-19(27)13-23(25)26(29)30/h4-13,17,21,24,28H,14H2,1-3H3,(H,29,30)/t17-,21+,24-/m0/s1. The van der Waals surface area contributed by atoms with Crippen LogP contribution in [0.15, 0.2) is 65.1 Å². The molecule has 0 aliphatic carbocycles. The minimum absolute atomic E-state index is 0.129. The fourth-order valence-corrected chi connectivity index (χ4v) is 5.08. The van der Waals surface area contributed by atoms with E-state index in [-0.39, 0.29) is 17.9 Å². The van der Waals surface area contributed by atoms with Crippen molar-refractivity contribution in [2.45, 2.75) is 45.1 Å². The van der Waals surface area contributed by atoms with Gasteiger partial charge in [0, 0.05) is 22.4 Å². The molecule has 0 spiro atoms. The molecule has 0 unspecified atom stereocenters. The Morgan fingerprint density at radius 3 is 2.50 bits per heavy atom. The van der Waals surface area contributed by atoms with E-state index >= 15 is 0 Å². The molecular formula is C26H26BrNO2. The number of aromatic carboxylic acids is 1. The van der Waals surface area contributed by atoms with Gasteiger partial charge in [-0.05, 0) is 54.7 Å². The summed E-state index contributed by atoms with van der Waals surface area (Å²) >= 11 is 3.53. The molecule has 0 radical (unpaired) electrons. The maximum atomic E-state index is 12.1. The molecule has 0 bridgehead atoms. The van der Waals surface area contributed by atoms with E-state index in [0.717, 1.165) is 22.1 Å². The van der Waals surface area contributed by atoms with E-state index in [1.165, 1.54) is 22.3 Å². The molecular weight excluding hydrogens is 438 g/mol. The molecule has 3 atom stereocenters. The monoisotopic (exact) mass is 463 g/mol. The molecule has 0 saturated carbocycles. The number of carboxylic acids is 1. The van der Waals surface area contributed by atoms with E-state index in [9.17, 15) is 9.90 Å². The molecule has 3 aromatic rings. The number of fused-ring (bicyclic) bond motifs is 1. The minimum Gasteiger partial charge on any atom is -0.478 e.